The highest BCUT2D eigenvalue weighted by atomic mass is 35.5. The fourth-order valence-electron chi connectivity index (χ4n) is 2.80. The summed E-state index contributed by atoms with van der Waals surface area (Å²) in [6.07, 6.45) is 4.72. The molecule has 1 aliphatic rings. The number of fused-ring (bicyclic) bond motifs is 1. The van der Waals surface area contributed by atoms with E-state index in [1.807, 2.05) is 0 Å². The molecule has 0 aromatic carbocycles. The van der Waals surface area contributed by atoms with Crippen LogP contribution >= 0.6 is 11.6 Å². The number of H-pyrrole nitrogens is 1. The van der Waals surface area contributed by atoms with E-state index in [0.717, 1.165) is 30.2 Å². The number of aromatic nitrogens is 2. The molecular weight excluding hydrogens is 293 g/mol. The van der Waals surface area contributed by atoms with Crippen LogP contribution in [0.5, 0.6) is 0 Å². The molecule has 0 spiro atoms. The number of pyridine rings is 1. The van der Waals surface area contributed by atoms with E-state index in [0.29, 0.717) is 23.7 Å². The smallest absolute Gasteiger partial charge is 0.268 e. The summed E-state index contributed by atoms with van der Waals surface area (Å²) in [4.78, 5) is 19.2. The zero-order valence-electron chi connectivity index (χ0n) is 11.5. The summed E-state index contributed by atoms with van der Waals surface area (Å²) in [6.45, 7) is 0. The number of halogens is 2. The van der Waals surface area contributed by atoms with Gasteiger partial charge in [-0.1, -0.05) is 30.9 Å². The topological polar surface area (TPSA) is 57.8 Å². The van der Waals surface area contributed by atoms with Crippen LogP contribution in [0.15, 0.2) is 18.3 Å². The average molecular weight is 310 g/mol. The molecule has 21 heavy (non-hydrogen) atoms. The lowest BCUT2D eigenvalue weighted by atomic mass is 10.1. The van der Waals surface area contributed by atoms with Crippen molar-refractivity contribution in [3.63, 3.8) is 0 Å². The quantitative estimate of drug-likeness (QED) is 0.657. The van der Waals surface area contributed by atoms with Crippen LogP contribution in [0.1, 0.15) is 42.6 Å². The molecule has 0 aliphatic heterocycles. The highest BCUT2D eigenvalue weighted by molar-refractivity contribution is 6.30. The van der Waals surface area contributed by atoms with E-state index >= 15 is 0 Å². The summed E-state index contributed by atoms with van der Waals surface area (Å²) >= 11 is 5.83. The third kappa shape index (κ3) is 3.18. The third-order valence-corrected chi connectivity index (χ3v) is 4.17. The van der Waals surface area contributed by atoms with Crippen LogP contribution < -0.4 is 5.32 Å². The lowest BCUT2D eigenvalue weighted by molar-refractivity contribution is 0.0901. The molecule has 2 unspecified atom stereocenters. The molecule has 1 fully saturated rings. The van der Waals surface area contributed by atoms with Gasteiger partial charge in [0.25, 0.3) is 5.91 Å². The van der Waals surface area contributed by atoms with Gasteiger partial charge in [-0.15, -0.1) is 0 Å². The number of amides is 1. The molecule has 1 aliphatic carbocycles. The molecule has 2 heterocycles. The highest BCUT2D eigenvalue weighted by Crippen LogP contribution is 2.22. The van der Waals surface area contributed by atoms with Crippen LogP contribution in [0.25, 0.3) is 10.9 Å². The van der Waals surface area contributed by atoms with Crippen molar-refractivity contribution in [3.05, 3.63) is 29.2 Å². The van der Waals surface area contributed by atoms with Gasteiger partial charge in [-0.2, -0.15) is 0 Å². The summed E-state index contributed by atoms with van der Waals surface area (Å²) in [5, 5.41) is 4.00. The summed E-state index contributed by atoms with van der Waals surface area (Å²) in [5.41, 5.74) is 1.15. The molecule has 0 radical (unpaired) electrons. The molecule has 2 N–H and O–H groups in total. The van der Waals surface area contributed by atoms with E-state index in [1.165, 1.54) is 0 Å². The summed E-state index contributed by atoms with van der Waals surface area (Å²) in [6, 6.07) is 3.00. The summed E-state index contributed by atoms with van der Waals surface area (Å²) in [7, 11) is 0. The van der Waals surface area contributed by atoms with Crippen LogP contribution in [0.3, 0.4) is 0 Å². The van der Waals surface area contributed by atoms with E-state index < -0.39 is 12.2 Å². The Morgan fingerprint density at radius 2 is 2.14 bits per heavy atom. The number of aromatic amines is 1. The van der Waals surface area contributed by atoms with Crippen molar-refractivity contribution in [3.8, 4) is 0 Å². The molecule has 2 aromatic rings. The van der Waals surface area contributed by atoms with Gasteiger partial charge < -0.3 is 10.3 Å². The normalized spacial score (nSPS) is 23.0. The van der Waals surface area contributed by atoms with Crippen LogP contribution in [0.4, 0.5) is 4.39 Å². The molecule has 0 saturated heterocycles. The van der Waals surface area contributed by atoms with Gasteiger partial charge in [0, 0.05) is 5.39 Å². The van der Waals surface area contributed by atoms with Crippen molar-refractivity contribution in [2.24, 2.45) is 0 Å². The number of hydrogen-bond acceptors (Lipinski definition) is 2. The maximum absolute atomic E-state index is 14.0. The number of nitrogens with zero attached hydrogens (tertiary/aromatic N) is 1. The Morgan fingerprint density at radius 3 is 3.00 bits per heavy atom. The molecule has 6 heteroatoms. The number of hydrogen-bond donors (Lipinski definition) is 2. The molecule has 4 nitrogen and oxygen atoms in total. The molecule has 2 aromatic heterocycles. The predicted molar refractivity (Wildman–Crippen MR) is 80.3 cm³/mol. The van der Waals surface area contributed by atoms with Crippen LogP contribution in [0, 0.1) is 0 Å². The lowest BCUT2D eigenvalue weighted by Gasteiger charge is -2.19. The second-order valence-electron chi connectivity index (χ2n) is 5.51. The van der Waals surface area contributed by atoms with Crippen LogP contribution in [-0.2, 0) is 0 Å². The highest BCUT2D eigenvalue weighted by Gasteiger charge is 2.25. The number of carbonyl (C=O) groups is 1. The number of rotatable bonds is 2. The molecule has 1 amide bonds. The first-order valence-corrected chi connectivity index (χ1v) is 7.60. The second-order valence-corrected chi connectivity index (χ2v) is 5.90. The molecule has 1 saturated carbocycles. The van der Waals surface area contributed by atoms with Crippen molar-refractivity contribution >= 4 is 28.4 Å². The van der Waals surface area contributed by atoms with Crippen LogP contribution in [-0.4, -0.2) is 28.1 Å². The van der Waals surface area contributed by atoms with Crippen molar-refractivity contribution in [1.82, 2.24) is 15.3 Å². The van der Waals surface area contributed by atoms with Gasteiger partial charge in [-0.05, 0) is 25.0 Å². The van der Waals surface area contributed by atoms with Gasteiger partial charge in [0.05, 0.1) is 17.8 Å². The number of nitrogens with one attached hydrogen (secondary N) is 2. The maximum atomic E-state index is 14.0. The Balaban J connectivity index is 1.76. The van der Waals surface area contributed by atoms with Gasteiger partial charge >= 0.3 is 0 Å². The van der Waals surface area contributed by atoms with E-state index in [4.69, 9.17) is 11.6 Å². The largest absolute Gasteiger partial charge is 0.349 e. The first-order valence-electron chi connectivity index (χ1n) is 7.23. The lowest BCUT2D eigenvalue weighted by Crippen LogP contribution is -2.41. The Bertz CT molecular complexity index is 657. The van der Waals surface area contributed by atoms with E-state index in [2.05, 4.69) is 15.3 Å². The minimum atomic E-state index is -0.961. The first-order chi connectivity index (χ1) is 10.1. The zero-order chi connectivity index (χ0) is 14.8. The monoisotopic (exact) mass is 309 g/mol. The summed E-state index contributed by atoms with van der Waals surface area (Å²) < 4.78 is 14.0. The van der Waals surface area contributed by atoms with Crippen molar-refractivity contribution in [1.29, 1.82) is 0 Å². The van der Waals surface area contributed by atoms with Crippen molar-refractivity contribution in [2.45, 2.75) is 44.3 Å². The SMILES string of the molecule is O=C(NC1CCCCCC1F)c1cc2cc(Cl)ncc2[nH]1. The fourth-order valence-corrected chi connectivity index (χ4v) is 2.96. The van der Waals surface area contributed by atoms with E-state index in [9.17, 15) is 9.18 Å². The average Bonchev–Trinajstić information content (AvgIpc) is 2.78. The second kappa shape index (κ2) is 6.02. The first kappa shape index (κ1) is 14.3. The fraction of sp³-hybridized carbons (Fsp3) is 0.467. The molecule has 0 bridgehead atoms. The molecule has 2 atom stereocenters. The Kier molecular flexibility index (Phi) is 4.10. The minimum Gasteiger partial charge on any atom is -0.349 e. The predicted octanol–water partition coefficient (Wildman–Crippen LogP) is 3.62. The van der Waals surface area contributed by atoms with E-state index in [-0.39, 0.29) is 5.91 Å². The van der Waals surface area contributed by atoms with Gasteiger partial charge in [0.2, 0.25) is 0 Å². The third-order valence-electron chi connectivity index (χ3n) is 3.96. The molecule has 3 rings (SSSR count). The Morgan fingerprint density at radius 1 is 1.33 bits per heavy atom. The van der Waals surface area contributed by atoms with Crippen LogP contribution in [0.2, 0.25) is 5.15 Å². The van der Waals surface area contributed by atoms with Gasteiger partial charge in [-0.25, -0.2) is 9.37 Å². The summed E-state index contributed by atoms with van der Waals surface area (Å²) in [5.74, 6) is -0.281. The van der Waals surface area contributed by atoms with Gasteiger partial charge in [0.15, 0.2) is 0 Å². The van der Waals surface area contributed by atoms with Gasteiger partial charge in [-0.3, -0.25) is 4.79 Å². The Hall–Kier alpha value is -1.62. The maximum Gasteiger partial charge on any atom is 0.268 e. The number of alkyl halides is 1. The molecular formula is C15H17ClFN3O. The minimum absolute atomic E-state index is 0.281. The molecule has 112 valence electrons. The number of carbonyl (C=O) groups excluding carboxylic acids is 1. The van der Waals surface area contributed by atoms with E-state index in [1.54, 1.807) is 18.3 Å². The standard InChI is InChI=1S/C15H17ClFN3O/c16-14-7-9-6-12(19-13(9)8-18-14)15(21)20-11-5-3-1-2-4-10(11)17/h6-8,10-11,19H,1-5H2,(H,20,21). The zero-order valence-corrected chi connectivity index (χ0v) is 12.3. The van der Waals surface area contributed by atoms with Crippen molar-refractivity contribution < 1.29 is 9.18 Å². The van der Waals surface area contributed by atoms with Crippen molar-refractivity contribution in [2.75, 3.05) is 0 Å². The van der Waals surface area contributed by atoms with Gasteiger partial charge in [0.1, 0.15) is 17.0 Å². The Labute approximate surface area is 127 Å².